The van der Waals surface area contributed by atoms with Crippen LogP contribution in [0.3, 0.4) is 0 Å². The molecule has 1 N–H and O–H groups in total. The summed E-state index contributed by atoms with van der Waals surface area (Å²) in [5.41, 5.74) is 1.10. The van der Waals surface area contributed by atoms with Gasteiger partial charge in [-0.05, 0) is 13.8 Å². The number of hydrogen-bond donors (Lipinski definition) is 1. The molecule has 1 saturated heterocycles. The summed E-state index contributed by atoms with van der Waals surface area (Å²) in [5.74, 6) is -0.751. The van der Waals surface area contributed by atoms with E-state index in [1.807, 2.05) is 11.8 Å². The number of aliphatic carboxylic acids is 1. The van der Waals surface area contributed by atoms with E-state index >= 15 is 0 Å². The van der Waals surface area contributed by atoms with Crippen molar-refractivity contribution in [3.63, 3.8) is 0 Å². The molecule has 2 heterocycles. The van der Waals surface area contributed by atoms with Gasteiger partial charge in [-0.25, -0.2) is 4.98 Å². The van der Waals surface area contributed by atoms with Gasteiger partial charge in [-0.15, -0.1) is 11.3 Å². The van der Waals surface area contributed by atoms with E-state index in [4.69, 9.17) is 5.11 Å². The summed E-state index contributed by atoms with van der Waals surface area (Å²) >= 11 is 1.72. The number of carboxylic acids is 1. The largest absolute Gasteiger partial charge is 0.480 e. The Morgan fingerprint density at radius 2 is 2.00 bits per heavy atom. The van der Waals surface area contributed by atoms with E-state index in [0.717, 1.165) is 37.0 Å². The standard InChI is InChI=1S/C11H17N3O2S/c1-8-9(2)17-11(12-8)14-5-3-13(4-6-14)7-10(15)16/h3-7H2,1-2H3,(H,15,16). The number of thiazole rings is 1. The predicted octanol–water partition coefficient (Wildman–Crippen LogP) is 0.967. The van der Waals surface area contributed by atoms with Crippen LogP contribution in [0.15, 0.2) is 0 Å². The maximum atomic E-state index is 10.6. The van der Waals surface area contributed by atoms with Crippen LogP contribution < -0.4 is 4.90 Å². The molecule has 0 aromatic carbocycles. The lowest BCUT2D eigenvalue weighted by Crippen LogP contribution is -2.47. The molecule has 94 valence electrons. The van der Waals surface area contributed by atoms with Crippen molar-refractivity contribution >= 4 is 22.4 Å². The molecule has 5 nitrogen and oxygen atoms in total. The minimum atomic E-state index is -0.751. The minimum Gasteiger partial charge on any atom is -0.480 e. The SMILES string of the molecule is Cc1nc(N2CCN(CC(=O)O)CC2)sc1C. The molecule has 1 aliphatic rings. The maximum absolute atomic E-state index is 10.6. The molecule has 0 spiro atoms. The van der Waals surface area contributed by atoms with E-state index in [9.17, 15) is 4.79 Å². The van der Waals surface area contributed by atoms with E-state index in [2.05, 4.69) is 16.8 Å². The van der Waals surface area contributed by atoms with E-state index in [-0.39, 0.29) is 6.54 Å². The highest BCUT2D eigenvalue weighted by Crippen LogP contribution is 2.25. The first-order valence-corrected chi connectivity index (χ1v) is 6.51. The zero-order valence-corrected chi connectivity index (χ0v) is 11.0. The molecule has 0 saturated carbocycles. The Balaban J connectivity index is 1.92. The molecule has 1 aliphatic heterocycles. The average molecular weight is 255 g/mol. The molecule has 0 aliphatic carbocycles. The lowest BCUT2D eigenvalue weighted by Gasteiger charge is -2.33. The zero-order chi connectivity index (χ0) is 12.4. The average Bonchev–Trinajstić information content (AvgIpc) is 2.59. The Morgan fingerprint density at radius 1 is 1.35 bits per heavy atom. The van der Waals surface area contributed by atoms with Gasteiger partial charge in [-0.2, -0.15) is 0 Å². The van der Waals surface area contributed by atoms with Crippen molar-refractivity contribution in [2.24, 2.45) is 0 Å². The molecule has 0 amide bonds. The topological polar surface area (TPSA) is 56.7 Å². The molecule has 0 radical (unpaired) electrons. The summed E-state index contributed by atoms with van der Waals surface area (Å²) in [7, 11) is 0. The number of hydrogen-bond acceptors (Lipinski definition) is 5. The fraction of sp³-hybridized carbons (Fsp3) is 0.636. The van der Waals surface area contributed by atoms with Gasteiger partial charge in [0.2, 0.25) is 0 Å². The molecule has 17 heavy (non-hydrogen) atoms. The third-order valence-corrected chi connectivity index (χ3v) is 4.15. The zero-order valence-electron chi connectivity index (χ0n) is 10.1. The van der Waals surface area contributed by atoms with Gasteiger partial charge in [-0.1, -0.05) is 0 Å². The van der Waals surface area contributed by atoms with Crippen molar-refractivity contribution in [1.82, 2.24) is 9.88 Å². The van der Waals surface area contributed by atoms with Crippen molar-refractivity contribution in [2.75, 3.05) is 37.6 Å². The lowest BCUT2D eigenvalue weighted by molar-refractivity contribution is -0.138. The summed E-state index contributed by atoms with van der Waals surface area (Å²) in [6.45, 7) is 7.56. The van der Waals surface area contributed by atoms with E-state index < -0.39 is 5.97 Å². The molecule has 0 atom stereocenters. The number of piperazine rings is 1. The number of rotatable bonds is 3. The second-order valence-corrected chi connectivity index (χ2v) is 5.48. The van der Waals surface area contributed by atoms with Crippen LogP contribution in [0, 0.1) is 13.8 Å². The molecule has 0 bridgehead atoms. The van der Waals surface area contributed by atoms with Gasteiger partial charge < -0.3 is 10.0 Å². The number of aryl methyl sites for hydroxylation is 2. The van der Waals surface area contributed by atoms with Gasteiger partial charge in [0, 0.05) is 31.1 Å². The number of carboxylic acid groups (broad SMARTS) is 1. The monoisotopic (exact) mass is 255 g/mol. The predicted molar refractivity (Wildman–Crippen MR) is 67.9 cm³/mol. The van der Waals surface area contributed by atoms with Crippen LogP contribution in [0.1, 0.15) is 10.6 Å². The Labute approximate surface area is 105 Å². The number of anilines is 1. The van der Waals surface area contributed by atoms with Crippen LogP contribution in [-0.2, 0) is 4.79 Å². The highest BCUT2D eigenvalue weighted by molar-refractivity contribution is 7.15. The normalized spacial score (nSPS) is 17.4. The fourth-order valence-corrected chi connectivity index (χ4v) is 2.84. The van der Waals surface area contributed by atoms with Gasteiger partial charge in [0.15, 0.2) is 5.13 Å². The highest BCUT2D eigenvalue weighted by atomic mass is 32.1. The van der Waals surface area contributed by atoms with E-state index in [1.165, 1.54) is 4.88 Å². The smallest absolute Gasteiger partial charge is 0.317 e. The van der Waals surface area contributed by atoms with Crippen LogP contribution in [0.25, 0.3) is 0 Å². The third kappa shape index (κ3) is 2.95. The van der Waals surface area contributed by atoms with Crippen LogP contribution in [0.5, 0.6) is 0 Å². The first-order chi connectivity index (χ1) is 8.06. The number of aromatic nitrogens is 1. The van der Waals surface area contributed by atoms with Crippen molar-refractivity contribution in [3.8, 4) is 0 Å². The van der Waals surface area contributed by atoms with Crippen LogP contribution >= 0.6 is 11.3 Å². The second kappa shape index (κ2) is 5.01. The van der Waals surface area contributed by atoms with Gasteiger partial charge in [0.05, 0.1) is 12.2 Å². The first-order valence-electron chi connectivity index (χ1n) is 5.69. The van der Waals surface area contributed by atoms with Gasteiger partial charge in [0.1, 0.15) is 0 Å². The fourth-order valence-electron chi connectivity index (χ4n) is 1.88. The highest BCUT2D eigenvalue weighted by Gasteiger charge is 2.20. The summed E-state index contributed by atoms with van der Waals surface area (Å²) in [4.78, 5) is 20.6. The Morgan fingerprint density at radius 3 is 2.47 bits per heavy atom. The number of nitrogens with zero attached hydrogens (tertiary/aromatic N) is 3. The summed E-state index contributed by atoms with van der Waals surface area (Å²) < 4.78 is 0. The minimum absolute atomic E-state index is 0.143. The van der Waals surface area contributed by atoms with E-state index in [0.29, 0.717) is 0 Å². The van der Waals surface area contributed by atoms with Crippen molar-refractivity contribution in [2.45, 2.75) is 13.8 Å². The molecule has 1 aromatic heterocycles. The molecular formula is C11H17N3O2S. The van der Waals surface area contributed by atoms with Crippen LogP contribution in [0.4, 0.5) is 5.13 Å². The van der Waals surface area contributed by atoms with Crippen molar-refractivity contribution in [1.29, 1.82) is 0 Å². The molecular weight excluding hydrogens is 238 g/mol. The second-order valence-electron chi connectivity index (χ2n) is 4.29. The van der Waals surface area contributed by atoms with Crippen LogP contribution in [-0.4, -0.2) is 53.7 Å². The van der Waals surface area contributed by atoms with Crippen molar-refractivity contribution in [3.05, 3.63) is 10.6 Å². The summed E-state index contributed by atoms with van der Waals surface area (Å²) in [6.07, 6.45) is 0. The quantitative estimate of drug-likeness (QED) is 0.872. The Bertz CT molecular complexity index is 391. The van der Waals surface area contributed by atoms with E-state index in [1.54, 1.807) is 11.3 Å². The molecule has 2 rings (SSSR count). The van der Waals surface area contributed by atoms with Gasteiger partial charge in [0.25, 0.3) is 0 Å². The molecule has 1 fully saturated rings. The Hall–Kier alpha value is -1.14. The third-order valence-electron chi connectivity index (χ3n) is 3.02. The van der Waals surface area contributed by atoms with Gasteiger partial charge in [-0.3, -0.25) is 9.69 Å². The molecule has 6 heteroatoms. The number of carbonyl (C=O) groups is 1. The maximum Gasteiger partial charge on any atom is 0.317 e. The molecule has 1 aromatic rings. The van der Waals surface area contributed by atoms with Crippen LogP contribution in [0.2, 0.25) is 0 Å². The Kier molecular flexibility index (Phi) is 3.63. The first kappa shape index (κ1) is 12.3. The summed E-state index contributed by atoms with van der Waals surface area (Å²) in [5, 5.41) is 9.79. The van der Waals surface area contributed by atoms with Crippen molar-refractivity contribution < 1.29 is 9.90 Å². The molecule has 0 unspecified atom stereocenters. The lowest BCUT2D eigenvalue weighted by atomic mass is 10.3. The van der Waals surface area contributed by atoms with Gasteiger partial charge >= 0.3 is 5.97 Å². The summed E-state index contributed by atoms with van der Waals surface area (Å²) in [6, 6.07) is 0.